The molecule has 0 bridgehead atoms. The summed E-state index contributed by atoms with van der Waals surface area (Å²) in [6.07, 6.45) is -3.01. The first-order valence-electron chi connectivity index (χ1n) is 3.86. The number of rotatable bonds is 2. The van der Waals surface area contributed by atoms with Gasteiger partial charge in [-0.05, 0) is 23.8 Å². The van der Waals surface area contributed by atoms with Gasteiger partial charge in [0.25, 0.3) is 0 Å². The molecule has 76 valence electrons. The summed E-state index contributed by atoms with van der Waals surface area (Å²) in [5, 5.41) is 0. The Morgan fingerprint density at radius 2 is 1.93 bits per heavy atom. The molecule has 0 aromatic heterocycles. The number of methoxy groups -OCH3 is 1. The number of hydrogen-bond donors (Lipinski definition) is 0. The first kappa shape index (κ1) is 10.6. The Hall–Kier alpha value is -1.45. The van der Waals surface area contributed by atoms with E-state index >= 15 is 0 Å². The predicted octanol–water partition coefficient (Wildman–Crippen LogP) is 3.36. The molecular formula is C10H9F3O. The lowest BCUT2D eigenvalue weighted by molar-refractivity contribution is -0.137. The summed E-state index contributed by atoms with van der Waals surface area (Å²) >= 11 is 0. The van der Waals surface area contributed by atoms with Gasteiger partial charge in [0.1, 0.15) is 5.75 Å². The van der Waals surface area contributed by atoms with Crippen LogP contribution in [0.25, 0.3) is 6.08 Å². The van der Waals surface area contributed by atoms with Crippen molar-refractivity contribution in [1.29, 1.82) is 0 Å². The van der Waals surface area contributed by atoms with Crippen molar-refractivity contribution in [2.45, 2.75) is 6.18 Å². The fourth-order valence-electron chi connectivity index (χ4n) is 1.02. The molecule has 0 amide bonds. The van der Waals surface area contributed by atoms with Crippen LogP contribution in [0.3, 0.4) is 0 Å². The SMILES string of the molecule is C=Cc1cc(OC)cc(C(F)(F)F)c1. The second-order valence-electron chi connectivity index (χ2n) is 2.70. The molecule has 0 heterocycles. The van der Waals surface area contributed by atoms with Gasteiger partial charge in [0.05, 0.1) is 12.7 Å². The van der Waals surface area contributed by atoms with Gasteiger partial charge in [-0.2, -0.15) is 13.2 Å². The van der Waals surface area contributed by atoms with Crippen LogP contribution in [0, 0.1) is 0 Å². The van der Waals surface area contributed by atoms with Gasteiger partial charge in [-0.1, -0.05) is 12.7 Å². The molecule has 1 aromatic carbocycles. The first-order valence-corrected chi connectivity index (χ1v) is 3.86. The molecule has 0 fully saturated rings. The Morgan fingerprint density at radius 3 is 2.36 bits per heavy atom. The van der Waals surface area contributed by atoms with Crippen molar-refractivity contribution < 1.29 is 17.9 Å². The van der Waals surface area contributed by atoms with Gasteiger partial charge >= 0.3 is 6.18 Å². The minimum atomic E-state index is -4.35. The molecule has 0 radical (unpaired) electrons. The van der Waals surface area contributed by atoms with E-state index in [-0.39, 0.29) is 5.75 Å². The average Bonchev–Trinajstić information content (AvgIpc) is 2.15. The van der Waals surface area contributed by atoms with Crippen molar-refractivity contribution in [3.05, 3.63) is 35.9 Å². The van der Waals surface area contributed by atoms with Crippen LogP contribution < -0.4 is 4.74 Å². The number of hydrogen-bond acceptors (Lipinski definition) is 1. The summed E-state index contributed by atoms with van der Waals surface area (Å²) in [5.74, 6) is 0.176. The van der Waals surface area contributed by atoms with E-state index in [4.69, 9.17) is 4.74 Å². The number of alkyl halides is 3. The number of benzene rings is 1. The zero-order valence-corrected chi connectivity index (χ0v) is 7.56. The Balaban J connectivity index is 3.24. The van der Waals surface area contributed by atoms with E-state index in [1.807, 2.05) is 0 Å². The molecule has 1 rings (SSSR count). The lowest BCUT2D eigenvalue weighted by Gasteiger charge is -2.09. The molecule has 0 unspecified atom stereocenters. The molecule has 1 aromatic rings. The molecule has 0 saturated heterocycles. The zero-order valence-electron chi connectivity index (χ0n) is 7.56. The third kappa shape index (κ3) is 2.28. The molecule has 0 saturated carbocycles. The van der Waals surface area contributed by atoms with Crippen LogP contribution in [0.5, 0.6) is 5.75 Å². The van der Waals surface area contributed by atoms with Crippen LogP contribution in [0.4, 0.5) is 13.2 Å². The van der Waals surface area contributed by atoms with E-state index in [1.54, 1.807) is 0 Å². The van der Waals surface area contributed by atoms with Crippen molar-refractivity contribution in [3.63, 3.8) is 0 Å². The highest BCUT2D eigenvalue weighted by atomic mass is 19.4. The van der Waals surface area contributed by atoms with E-state index < -0.39 is 11.7 Å². The maximum atomic E-state index is 12.3. The maximum Gasteiger partial charge on any atom is 0.416 e. The molecule has 0 aliphatic rings. The molecule has 14 heavy (non-hydrogen) atoms. The standard InChI is InChI=1S/C10H9F3O/c1-3-7-4-8(10(11,12)13)6-9(5-7)14-2/h3-6H,1H2,2H3. The largest absolute Gasteiger partial charge is 0.497 e. The third-order valence-corrected chi connectivity index (χ3v) is 1.73. The van der Waals surface area contributed by atoms with E-state index in [2.05, 4.69) is 6.58 Å². The van der Waals surface area contributed by atoms with Crippen LogP contribution in [0.1, 0.15) is 11.1 Å². The fourth-order valence-corrected chi connectivity index (χ4v) is 1.02. The van der Waals surface area contributed by atoms with E-state index in [1.165, 1.54) is 19.3 Å². The van der Waals surface area contributed by atoms with Crippen LogP contribution in [-0.2, 0) is 6.18 Å². The molecular weight excluding hydrogens is 193 g/mol. The summed E-state index contributed by atoms with van der Waals surface area (Å²) in [6.45, 7) is 3.41. The summed E-state index contributed by atoms with van der Waals surface area (Å²) in [6, 6.07) is 3.46. The molecule has 4 heteroatoms. The molecule has 0 spiro atoms. The normalized spacial score (nSPS) is 11.1. The Kier molecular flexibility index (Phi) is 2.84. The minimum absolute atomic E-state index is 0.176. The number of halogens is 3. The summed E-state index contributed by atoms with van der Waals surface area (Å²) < 4.78 is 41.7. The zero-order chi connectivity index (χ0) is 10.8. The Morgan fingerprint density at radius 1 is 1.29 bits per heavy atom. The topological polar surface area (TPSA) is 9.23 Å². The number of ether oxygens (including phenoxy) is 1. The Labute approximate surface area is 79.8 Å². The first-order chi connectivity index (χ1) is 6.47. The van der Waals surface area contributed by atoms with Gasteiger partial charge in [0, 0.05) is 0 Å². The minimum Gasteiger partial charge on any atom is -0.497 e. The van der Waals surface area contributed by atoms with Gasteiger partial charge in [-0.15, -0.1) is 0 Å². The monoisotopic (exact) mass is 202 g/mol. The third-order valence-electron chi connectivity index (χ3n) is 1.73. The van der Waals surface area contributed by atoms with E-state index in [0.717, 1.165) is 12.1 Å². The van der Waals surface area contributed by atoms with E-state index in [0.29, 0.717) is 5.56 Å². The van der Waals surface area contributed by atoms with E-state index in [9.17, 15) is 13.2 Å². The van der Waals surface area contributed by atoms with Crippen molar-refractivity contribution in [1.82, 2.24) is 0 Å². The van der Waals surface area contributed by atoms with Gasteiger partial charge in [-0.25, -0.2) is 0 Å². The molecule has 0 aliphatic heterocycles. The fraction of sp³-hybridized carbons (Fsp3) is 0.200. The van der Waals surface area contributed by atoms with Crippen molar-refractivity contribution in [3.8, 4) is 5.75 Å². The van der Waals surface area contributed by atoms with Crippen LogP contribution in [-0.4, -0.2) is 7.11 Å². The molecule has 0 atom stereocenters. The van der Waals surface area contributed by atoms with Gasteiger partial charge < -0.3 is 4.74 Å². The molecule has 0 aliphatic carbocycles. The highest BCUT2D eigenvalue weighted by molar-refractivity contribution is 5.52. The summed E-state index contributed by atoms with van der Waals surface area (Å²) in [4.78, 5) is 0. The van der Waals surface area contributed by atoms with Gasteiger partial charge in [0.2, 0.25) is 0 Å². The second kappa shape index (κ2) is 3.74. The van der Waals surface area contributed by atoms with Crippen molar-refractivity contribution >= 4 is 6.08 Å². The van der Waals surface area contributed by atoms with Crippen molar-refractivity contribution in [2.75, 3.05) is 7.11 Å². The maximum absolute atomic E-state index is 12.3. The summed E-state index contributed by atoms with van der Waals surface area (Å²) in [5.41, 5.74) is -0.344. The van der Waals surface area contributed by atoms with Crippen LogP contribution >= 0.6 is 0 Å². The van der Waals surface area contributed by atoms with Gasteiger partial charge in [-0.3, -0.25) is 0 Å². The van der Waals surface area contributed by atoms with Crippen LogP contribution in [0.2, 0.25) is 0 Å². The highest BCUT2D eigenvalue weighted by Crippen LogP contribution is 2.32. The Bertz CT molecular complexity index is 342. The predicted molar refractivity (Wildman–Crippen MR) is 48.1 cm³/mol. The molecule has 1 nitrogen and oxygen atoms in total. The van der Waals surface area contributed by atoms with Crippen molar-refractivity contribution in [2.24, 2.45) is 0 Å². The lowest BCUT2D eigenvalue weighted by atomic mass is 10.1. The quantitative estimate of drug-likeness (QED) is 0.714. The lowest BCUT2D eigenvalue weighted by Crippen LogP contribution is -2.05. The molecule has 0 N–H and O–H groups in total. The van der Waals surface area contributed by atoms with Crippen LogP contribution in [0.15, 0.2) is 24.8 Å². The smallest absolute Gasteiger partial charge is 0.416 e. The summed E-state index contributed by atoms with van der Waals surface area (Å²) in [7, 11) is 1.32. The van der Waals surface area contributed by atoms with Gasteiger partial charge in [0.15, 0.2) is 0 Å². The highest BCUT2D eigenvalue weighted by Gasteiger charge is 2.31. The second-order valence-corrected chi connectivity index (χ2v) is 2.70. The average molecular weight is 202 g/mol.